The van der Waals surface area contributed by atoms with E-state index >= 15 is 0 Å². The highest BCUT2D eigenvalue weighted by molar-refractivity contribution is 7.89. The molecule has 1 fully saturated rings. The summed E-state index contributed by atoms with van der Waals surface area (Å²) in [7, 11) is -3.98. The van der Waals surface area contributed by atoms with Gasteiger partial charge < -0.3 is 19.9 Å². The van der Waals surface area contributed by atoms with Crippen molar-refractivity contribution in [3.63, 3.8) is 0 Å². The van der Waals surface area contributed by atoms with Crippen LogP contribution in [0.15, 0.2) is 65.6 Å². The highest BCUT2D eigenvalue weighted by atomic mass is 32.2. The summed E-state index contributed by atoms with van der Waals surface area (Å²) in [4.78, 5) is 24.3. The van der Waals surface area contributed by atoms with E-state index in [1.54, 1.807) is 12.1 Å². The largest absolute Gasteiger partial charge is 0.480 e. The summed E-state index contributed by atoms with van der Waals surface area (Å²) in [5.74, 6) is -0.0381. The van der Waals surface area contributed by atoms with Gasteiger partial charge >= 0.3 is 5.97 Å². The van der Waals surface area contributed by atoms with E-state index in [1.165, 1.54) is 19.1 Å². The zero-order chi connectivity index (χ0) is 26.4. The minimum absolute atomic E-state index is 0. The van der Waals surface area contributed by atoms with E-state index in [0.717, 1.165) is 35.1 Å². The van der Waals surface area contributed by atoms with Crippen molar-refractivity contribution in [1.29, 1.82) is 0 Å². The number of benzene rings is 3. The Morgan fingerprint density at radius 1 is 1.00 bits per heavy atom. The molecule has 0 spiro atoms. The third-order valence-electron chi connectivity index (χ3n) is 6.78. The maximum atomic E-state index is 13.3. The normalized spacial score (nSPS) is 16.2. The van der Waals surface area contributed by atoms with Crippen molar-refractivity contribution in [2.75, 3.05) is 12.1 Å². The molecule has 0 radical (unpaired) electrons. The number of fused-ring (bicyclic) bond motifs is 1. The number of rotatable bonds is 8. The fourth-order valence-electron chi connectivity index (χ4n) is 4.39. The first-order valence-electron chi connectivity index (χ1n) is 11.8. The molecule has 0 saturated heterocycles. The number of carboxylic acids is 1. The maximum Gasteiger partial charge on any atom is 0.321 e. The van der Waals surface area contributed by atoms with E-state index < -0.39 is 27.4 Å². The van der Waals surface area contributed by atoms with E-state index in [4.69, 9.17) is 14.6 Å². The zero-order valence-corrected chi connectivity index (χ0v) is 21.1. The van der Waals surface area contributed by atoms with Crippen LogP contribution in [0.1, 0.15) is 35.2 Å². The Hall–Kier alpha value is -3.89. The number of amides is 1. The van der Waals surface area contributed by atoms with Crippen LogP contribution in [0.5, 0.6) is 11.5 Å². The third kappa shape index (κ3) is 4.77. The van der Waals surface area contributed by atoms with Gasteiger partial charge in [-0.1, -0.05) is 24.3 Å². The van der Waals surface area contributed by atoms with E-state index in [-0.39, 0.29) is 21.9 Å². The molecule has 0 bridgehead atoms. The summed E-state index contributed by atoms with van der Waals surface area (Å²) in [6.07, 6.45) is 1.48. The average molecular weight is 529 g/mol. The molecule has 3 N–H and O–H groups in total. The molecule has 10 heteroatoms. The van der Waals surface area contributed by atoms with Crippen LogP contribution in [-0.2, 0) is 25.0 Å². The fourth-order valence-corrected chi connectivity index (χ4v) is 5.59. The topological polar surface area (TPSA) is 131 Å². The number of hydrogen-bond acceptors (Lipinski definition) is 6. The smallest absolute Gasteiger partial charge is 0.321 e. The third-order valence-corrected chi connectivity index (χ3v) is 8.34. The lowest BCUT2D eigenvalue weighted by Crippen LogP contribution is -2.38. The van der Waals surface area contributed by atoms with Crippen LogP contribution in [0.25, 0.3) is 11.1 Å². The van der Waals surface area contributed by atoms with Gasteiger partial charge in [0.05, 0.1) is 10.3 Å². The number of ether oxygens (including phenoxy) is 2. The van der Waals surface area contributed by atoms with Crippen LogP contribution >= 0.6 is 0 Å². The first kappa shape index (κ1) is 24.8. The molecule has 2 aliphatic rings. The number of carboxylic acid groups (broad SMARTS) is 1. The Kier molecular flexibility index (Phi) is 6.17. The highest BCUT2D eigenvalue weighted by Crippen LogP contribution is 2.51. The van der Waals surface area contributed by atoms with Gasteiger partial charge in [-0.15, -0.1) is 0 Å². The average Bonchev–Trinajstić information content (AvgIpc) is 3.55. The summed E-state index contributed by atoms with van der Waals surface area (Å²) in [5, 5.41) is 12.0. The lowest BCUT2D eigenvalue weighted by Gasteiger charge is -2.17. The maximum absolute atomic E-state index is 13.3. The molecule has 1 amide bonds. The molecule has 0 unspecified atom stereocenters. The van der Waals surface area contributed by atoms with Crippen molar-refractivity contribution in [2.45, 2.75) is 43.0 Å². The number of aliphatic carboxylic acids is 1. The number of carbonyl (C=O) groups excluding carboxylic acids is 1. The Balaban J connectivity index is 0.00000187. The van der Waals surface area contributed by atoms with Gasteiger partial charge in [-0.25, -0.2) is 8.42 Å². The summed E-state index contributed by atoms with van der Waals surface area (Å²) >= 11 is 0. The molecule has 1 aliphatic carbocycles. The van der Waals surface area contributed by atoms with Gasteiger partial charge in [0.1, 0.15) is 6.04 Å². The van der Waals surface area contributed by atoms with Gasteiger partial charge in [-0.3, -0.25) is 9.59 Å². The molecule has 9 nitrogen and oxygen atoms in total. The molecule has 1 saturated carbocycles. The first-order chi connectivity index (χ1) is 17.6. The molecule has 1 aliphatic heterocycles. The molecular formula is C27H32N2O7S. The molecule has 3 aromatic rings. The van der Waals surface area contributed by atoms with Gasteiger partial charge in [-0.2, -0.15) is 4.72 Å². The lowest BCUT2D eigenvalue weighted by atomic mass is 9.94. The highest BCUT2D eigenvalue weighted by Gasteiger charge is 2.51. The molecule has 198 valence electrons. The van der Waals surface area contributed by atoms with Crippen molar-refractivity contribution in [2.24, 2.45) is 0 Å². The van der Waals surface area contributed by atoms with E-state index in [0.29, 0.717) is 17.2 Å². The second kappa shape index (κ2) is 9.20. The second-order valence-electron chi connectivity index (χ2n) is 9.34. The van der Waals surface area contributed by atoms with Crippen LogP contribution in [0.4, 0.5) is 5.69 Å². The van der Waals surface area contributed by atoms with Crippen molar-refractivity contribution in [1.82, 2.24) is 4.72 Å². The molecule has 5 rings (SSSR count). The summed E-state index contributed by atoms with van der Waals surface area (Å²) in [5.41, 5.74) is 3.46. The quantitative estimate of drug-likeness (QED) is 0.391. The van der Waals surface area contributed by atoms with Gasteiger partial charge in [0, 0.05) is 9.97 Å². The Morgan fingerprint density at radius 2 is 1.70 bits per heavy atom. The van der Waals surface area contributed by atoms with Gasteiger partial charge in [-0.05, 0) is 85.3 Å². The van der Waals surface area contributed by atoms with Crippen LogP contribution in [0, 0.1) is 6.92 Å². The van der Waals surface area contributed by atoms with E-state index in [2.05, 4.69) is 10.0 Å². The predicted octanol–water partition coefficient (Wildman–Crippen LogP) is 4.55. The van der Waals surface area contributed by atoms with E-state index in [9.17, 15) is 18.0 Å². The zero-order valence-electron chi connectivity index (χ0n) is 20.3. The van der Waals surface area contributed by atoms with Crippen LogP contribution in [-0.4, -0.2) is 38.2 Å². The second-order valence-corrected chi connectivity index (χ2v) is 11.1. The van der Waals surface area contributed by atoms with Crippen molar-refractivity contribution < 1.29 is 36.9 Å². The number of sulfonamides is 1. The first-order valence-corrected chi connectivity index (χ1v) is 13.3. The van der Waals surface area contributed by atoms with Crippen LogP contribution < -0.4 is 19.5 Å². The standard InChI is InChI=1S/C27H26N2O7S.3H2/c1-16-3-7-20(28-26(32)27(11-12-27)19-6-10-23-24(13-19)36-15-35-23)14-22(16)18-4-8-21(9-5-18)37(33,34)29-17(2)25(30)31;;;/h3-10,13-14,17,29H,11-12,15H2,1-2H3,(H,28,32)(H,30,31);3*1H/t17-;;;/m1.../s1. The van der Waals surface area contributed by atoms with Crippen LogP contribution in [0.2, 0.25) is 0 Å². The number of anilines is 1. The predicted molar refractivity (Wildman–Crippen MR) is 142 cm³/mol. The van der Waals surface area contributed by atoms with Gasteiger partial charge in [0.15, 0.2) is 11.5 Å². The molecule has 37 heavy (non-hydrogen) atoms. The number of nitrogens with one attached hydrogen (secondary N) is 2. The minimum atomic E-state index is -3.98. The molecule has 1 atom stereocenters. The van der Waals surface area contributed by atoms with Gasteiger partial charge in [0.2, 0.25) is 22.7 Å². The lowest BCUT2D eigenvalue weighted by molar-refractivity contribution is -0.138. The summed E-state index contributed by atoms with van der Waals surface area (Å²) < 4.78 is 37.9. The molecular weight excluding hydrogens is 496 g/mol. The molecule has 3 aromatic carbocycles. The monoisotopic (exact) mass is 528 g/mol. The fraction of sp³-hybridized carbons (Fsp3) is 0.259. The van der Waals surface area contributed by atoms with E-state index in [1.807, 2.05) is 43.3 Å². The van der Waals surface area contributed by atoms with Crippen LogP contribution in [0.3, 0.4) is 0 Å². The minimum Gasteiger partial charge on any atom is -0.480 e. The Labute approximate surface area is 218 Å². The van der Waals surface area contributed by atoms with Gasteiger partial charge in [0.25, 0.3) is 0 Å². The van der Waals surface area contributed by atoms with Crippen molar-refractivity contribution >= 4 is 27.6 Å². The number of carbonyl (C=O) groups is 2. The Bertz CT molecular complexity index is 1510. The number of aryl methyl sites for hydroxylation is 1. The SMILES string of the molecule is Cc1ccc(NC(=O)C2(c3ccc4c(c3)OCO4)CC2)cc1-c1ccc(S(=O)(=O)N[C@H](C)C(=O)O)cc1.[HH].[HH].[HH]. The summed E-state index contributed by atoms with van der Waals surface area (Å²) in [6.45, 7) is 3.36. The number of hydrogen-bond donors (Lipinski definition) is 3. The molecule has 1 heterocycles. The van der Waals surface area contributed by atoms with Crippen molar-refractivity contribution in [3.8, 4) is 22.6 Å². The van der Waals surface area contributed by atoms with Crippen molar-refractivity contribution in [3.05, 3.63) is 71.8 Å². The summed E-state index contributed by atoms with van der Waals surface area (Å²) in [6, 6.07) is 16.1. The Morgan fingerprint density at radius 3 is 2.38 bits per heavy atom. The molecule has 0 aromatic heterocycles.